The van der Waals surface area contributed by atoms with Gasteiger partial charge in [-0.15, -0.1) is 6.58 Å². The number of esters is 1. The molecule has 0 aliphatic carbocycles. The van der Waals surface area contributed by atoms with E-state index in [0.29, 0.717) is 12.0 Å². The van der Waals surface area contributed by atoms with Gasteiger partial charge in [-0.25, -0.2) is 4.79 Å². The van der Waals surface area contributed by atoms with E-state index in [0.717, 1.165) is 0 Å². The molecule has 3 rings (SSSR count). The Hall–Kier alpha value is -1.53. The fraction of sp³-hybridized carbons (Fsp3) is 0.706. The summed E-state index contributed by atoms with van der Waals surface area (Å²) in [6, 6.07) is 0. The molecule has 0 spiro atoms. The summed E-state index contributed by atoms with van der Waals surface area (Å²) in [5.74, 6) is -1.41. The number of fused-ring (bicyclic) bond motifs is 1. The molecule has 0 aromatic heterocycles. The largest absolute Gasteiger partial charge is 0.471 e. The van der Waals surface area contributed by atoms with Crippen molar-refractivity contribution in [1.82, 2.24) is 0 Å². The van der Waals surface area contributed by atoms with Crippen LogP contribution in [0.1, 0.15) is 6.42 Å². The van der Waals surface area contributed by atoms with Gasteiger partial charge in [0.05, 0.1) is 18.4 Å². The lowest BCUT2D eigenvalue weighted by Crippen LogP contribution is -2.60. The van der Waals surface area contributed by atoms with Crippen molar-refractivity contribution in [3.63, 3.8) is 0 Å². The lowest BCUT2D eigenvalue weighted by molar-refractivity contribution is -0.340. The first-order valence-electron chi connectivity index (χ1n) is 8.59. The summed E-state index contributed by atoms with van der Waals surface area (Å²) in [5.41, 5.74) is 0.321. The highest BCUT2D eigenvalue weighted by molar-refractivity contribution is 5.89. The lowest BCUT2D eigenvalue weighted by Gasteiger charge is -2.44. The van der Waals surface area contributed by atoms with Crippen molar-refractivity contribution < 1.29 is 48.9 Å². The molecule has 2 fully saturated rings. The zero-order valence-electron chi connectivity index (χ0n) is 14.7. The van der Waals surface area contributed by atoms with Crippen LogP contribution in [-0.2, 0) is 28.5 Å². The van der Waals surface area contributed by atoms with Crippen LogP contribution in [0.15, 0.2) is 24.5 Å². The van der Waals surface area contributed by atoms with Crippen LogP contribution in [-0.4, -0.2) is 83.4 Å². The van der Waals surface area contributed by atoms with Gasteiger partial charge in [0, 0.05) is 25.4 Å². The van der Waals surface area contributed by atoms with Crippen molar-refractivity contribution in [3.8, 4) is 0 Å². The minimum absolute atomic E-state index is 0.321. The molecule has 9 atom stereocenters. The van der Waals surface area contributed by atoms with Gasteiger partial charge in [-0.1, -0.05) is 6.08 Å². The molecule has 0 radical (unpaired) electrons. The maximum Gasteiger partial charge on any atom is 0.339 e. The number of aliphatic hydroxyl groups excluding tert-OH is 4. The van der Waals surface area contributed by atoms with Crippen LogP contribution in [0.5, 0.6) is 0 Å². The number of cyclic esters (lactones) is 1. The van der Waals surface area contributed by atoms with Gasteiger partial charge in [-0.3, -0.25) is 0 Å². The second kappa shape index (κ2) is 8.23. The smallest absolute Gasteiger partial charge is 0.339 e. The normalized spacial score (nSPS) is 44.6. The maximum atomic E-state index is 12.1. The number of rotatable bonds is 5. The zero-order valence-corrected chi connectivity index (χ0v) is 14.7. The molecular weight excluding hydrogens is 364 g/mol. The molecule has 0 saturated carbocycles. The van der Waals surface area contributed by atoms with E-state index in [1.165, 1.54) is 13.4 Å². The van der Waals surface area contributed by atoms with Gasteiger partial charge < -0.3 is 44.1 Å². The quantitative estimate of drug-likeness (QED) is 0.320. The molecule has 3 heterocycles. The van der Waals surface area contributed by atoms with Gasteiger partial charge in [0.25, 0.3) is 0 Å². The first-order chi connectivity index (χ1) is 12.9. The van der Waals surface area contributed by atoms with Gasteiger partial charge in [0.2, 0.25) is 12.6 Å². The Labute approximate surface area is 155 Å². The molecule has 3 unspecified atom stereocenters. The van der Waals surface area contributed by atoms with Gasteiger partial charge in [-0.05, 0) is 0 Å². The Balaban J connectivity index is 1.77. The van der Waals surface area contributed by atoms with Gasteiger partial charge in [0.15, 0.2) is 6.29 Å². The van der Waals surface area contributed by atoms with Crippen LogP contribution in [0.4, 0.5) is 0 Å². The fourth-order valence-electron chi connectivity index (χ4n) is 3.50. The number of hydrogen-bond donors (Lipinski definition) is 4. The van der Waals surface area contributed by atoms with Crippen molar-refractivity contribution in [1.29, 1.82) is 0 Å². The molecule has 152 valence electrons. The van der Waals surface area contributed by atoms with Crippen LogP contribution in [0.2, 0.25) is 0 Å². The Bertz CT molecular complexity index is 590. The summed E-state index contributed by atoms with van der Waals surface area (Å²) < 4.78 is 26.7. The Kier molecular flexibility index (Phi) is 6.16. The van der Waals surface area contributed by atoms with Crippen molar-refractivity contribution in [2.24, 2.45) is 11.8 Å². The van der Waals surface area contributed by atoms with E-state index in [1.807, 2.05) is 0 Å². The van der Waals surface area contributed by atoms with E-state index in [1.54, 1.807) is 6.08 Å². The van der Waals surface area contributed by atoms with Crippen LogP contribution in [0.3, 0.4) is 0 Å². The molecule has 10 nitrogen and oxygen atoms in total. The summed E-state index contributed by atoms with van der Waals surface area (Å²) in [7, 11) is 1.43. The van der Waals surface area contributed by atoms with Gasteiger partial charge in [0.1, 0.15) is 24.4 Å². The number of carbonyl (C=O) groups is 1. The monoisotopic (exact) mass is 388 g/mol. The van der Waals surface area contributed by atoms with E-state index in [4.69, 9.17) is 23.7 Å². The van der Waals surface area contributed by atoms with Crippen molar-refractivity contribution >= 4 is 5.97 Å². The highest BCUT2D eigenvalue weighted by Crippen LogP contribution is 2.40. The topological polar surface area (TPSA) is 144 Å². The van der Waals surface area contributed by atoms with E-state index in [-0.39, 0.29) is 5.92 Å². The summed E-state index contributed by atoms with van der Waals surface area (Å²) in [6.45, 7) is 3.18. The molecule has 4 N–H and O–H groups in total. The molecule has 0 bridgehead atoms. The Morgan fingerprint density at radius 2 is 2.00 bits per heavy atom. The first-order valence-corrected chi connectivity index (χ1v) is 8.59. The zero-order chi connectivity index (χ0) is 19.7. The average Bonchev–Trinajstić information content (AvgIpc) is 2.67. The second-order valence-corrected chi connectivity index (χ2v) is 6.64. The molecule has 0 aromatic carbocycles. The third kappa shape index (κ3) is 3.74. The second-order valence-electron chi connectivity index (χ2n) is 6.64. The summed E-state index contributed by atoms with van der Waals surface area (Å²) in [6.07, 6.45) is -5.65. The van der Waals surface area contributed by atoms with E-state index in [9.17, 15) is 25.2 Å². The highest BCUT2D eigenvalue weighted by Gasteiger charge is 2.49. The number of carbonyl (C=O) groups excluding carboxylic acids is 1. The number of ether oxygens (including phenoxy) is 5. The fourth-order valence-corrected chi connectivity index (χ4v) is 3.50. The number of aliphatic hydroxyl groups is 4. The third-order valence-electron chi connectivity index (χ3n) is 5.08. The van der Waals surface area contributed by atoms with Crippen LogP contribution in [0, 0.1) is 11.8 Å². The van der Waals surface area contributed by atoms with Crippen LogP contribution in [0.25, 0.3) is 0 Å². The molecular formula is C17H24O10. The number of methoxy groups -OCH3 is 1. The minimum atomic E-state index is -1.57. The number of hydrogen-bond acceptors (Lipinski definition) is 10. The first kappa shape index (κ1) is 20.2. The Morgan fingerprint density at radius 1 is 1.26 bits per heavy atom. The van der Waals surface area contributed by atoms with Crippen molar-refractivity contribution in [2.75, 3.05) is 13.7 Å². The molecule has 0 aromatic rings. The van der Waals surface area contributed by atoms with E-state index < -0.39 is 61.8 Å². The lowest BCUT2D eigenvalue weighted by atomic mass is 9.80. The van der Waals surface area contributed by atoms with E-state index in [2.05, 4.69) is 6.58 Å². The predicted molar refractivity (Wildman–Crippen MR) is 86.5 cm³/mol. The maximum absolute atomic E-state index is 12.1. The van der Waals surface area contributed by atoms with Crippen molar-refractivity contribution in [2.45, 2.75) is 49.7 Å². The molecule has 3 aliphatic heterocycles. The van der Waals surface area contributed by atoms with Gasteiger partial charge in [-0.2, -0.15) is 0 Å². The molecule has 10 heteroatoms. The average molecular weight is 388 g/mol. The standard InChI is InChI=1S/C17H24O10/c1-3-7-8-4-11(23-2)26-15(22)9(8)6-24-16(7)27-17-14(21)13(20)12(19)10(5-18)25-17/h3,6-8,10-14,16-21H,1,4-5H2,2H3/t7?,8?,10-,11-,12-,13+,14-,16?,17+/m1/s1. The predicted octanol–water partition coefficient (Wildman–Crippen LogP) is -1.62. The molecule has 0 amide bonds. The summed E-state index contributed by atoms with van der Waals surface area (Å²) in [5, 5.41) is 39.1. The van der Waals surface area contributed by atoms with E-state index >= 15 is 0 Å². The van der Waals surface area contributed by atoms with Crippen molar-refractivity contribution in [3.05, 3.63) is 24.5 Å². The minimum Gasteiger partial charge on any atom is -0.471 e. The Morgan fingerprint density at radius 3 is 2.63 bits per heavy atom. The summed E-state index contributed by atoms with van der Waals surface area (Å²) in [4.78, 5) is 12.1. The molecule has 27 heavy (non-hydrogen) atoms. The summed E-state index contributed by atoms with van der Waals surface area (Å²) >= 11 is 0. The molecule has 3 aliphatic rings. The highest BCUT2D eigenvalue weighted by atomic mass is 16.8. The van der Waals surface area contributed by atoms with Crippen LogP contribution < -0.4 is 0 Å². The SMILES string of the molecule is C=CC1C(O[C@@H]2O[C@H](CO)[C@@H](O)[C@H](O)[C@H]2O)OC=C2C(=O)O[C@@H](OC)CC21. The molecule has 2 saturated heterocycles. The third-order valence-corrected chi connectivity index (χ3v) is 5.08. The van der Waals surface area contributed by atoms with Crippen LogP contribution >= 0.6 is 0 Å². The van der Waals surface area contributed by atoms with Gasteiger partial charge >= 0.3 is 5.97 Å².